The monoisotopic (exact) mass is 305 g/mol. The number of rotatable bonds is 9. The molecule has 0 aromatic heterocycles. The molecule has 0 saturated carbocycles. The highest BCUT2D eigenvalue weighted by Gasteiger charge is 2.16. The third-order valence-electron chi connectivity index (χ3n) is 3.83. The van der Waals surface area contributed by atoms with Gasteiger partial charge in [-0.25, -0.2) is 0 Å². The van der Waals surface area contributed by atoms with Crippen LogP contribution in [0.25, 0.3) is 0 Å². The van der Waals surface area contributed by atoms with Crippen LogP contribution in [0.3, 0.4) is 0 Å². The number of amides is 1. The molecule has 4 heteroatoms. The van der Waals surface area contributed by atoms with Gasteiger partial charge in [0.25, 0.3) is 0 Å². The zero-order valence-electron chi connectivity index (χ0n) is 14.5. The van der Waals surface area contributed by atoms with Crippen LogP contribution < -0.4 is 5.73 Å². The Hall–Kier alpha value is -1.55. The first-order chi connectivity index (χ1) is 10.5. The van der Waals surface area contributed by atoms with Gasteiger partial charge >= 0.3 is 0 Å². The molecule has 2 N–H and O–H groups in total. The summed E-state index contributed by atoms with van der Waals surface area (Å²) >= 11 is 0. The Labute approximate surface area is 135 Å². The fourth-order valence-corrected chi connectivity index (χ4v) is 2.55. The summed E-state index contributed by atoms with van der Waals surface area (Å²) in [6.45, 7) is 13.2. The minimum absolute atomic E-state index is 0.187. The van der Waals surface area contributed by atoms with Crippen molar-refractivity contribution in [3.8, 4) is 0 Å². The van der Waals surface area contributed by atoms with Gasteiger partial charge in [0.2, 0.25) is 5.91 Å². The van der Waals surface area contributed by atoms with E-state index in [4.69, 9.17) is 5.73 Å². The van der Waals surface area contributed by atoms with Crippen LogP contribution in [-0.2, 0) is 11.2 Å². The molecule has 0 aliphatic rings. The normalized spacial score (nSPS) is 11.2. The number of hydrogen-bond acceptors (Lipinski definition) is 3. The zero-order chi connectivity index (χ0) is 16.5. The smallest absolute Gasteiger partial charge is 0.227 e. The van der Waals surface area contributed by atoms with Crippen molar-refractivity contribution in [1.82, 2.24) is 9.80 Å². The van der Waals surface area contributed by atoms with Crippen molar-refractivity contribution in [3.63, 3.8) is 0 Å². The lowest BCUT2D eigenvalue weighted by Crippen LogP contribution is -2.41. The van der Waals surface area contributed by atoms with Gasteiger partial charge in [0.1, 0.15) is 0 Å². The SMILES string of the molecule is CCN(CC)CCN(CC(C)C)C(=O)Cc1cccc(N)c1. The number of nitrogen functional groups attached to an aromatic ring is 1. The summed E-state index contributed by atoms with van der Waals surface area (Å²) in [4.78, 5) is 17.0. The molecule has 0 radical (unpaired) electrons. The number of benzene rings is 1. The predicted octanol–water partition coefficient (Wildman–Crippen LogP) is 2.64. The van der Waals surface area contributed by atoms with Crippen LogP contribution >= 0.6 is 0 Å². The highest BCUT2D eigenvalue weighted by atomic mass is 16.2. The first kappa shape index (κ1) is 18.5. The first-order valence-electron chi connectivity index (χ1n) is 8.30. The van der Waals surface area contributed by atoms with Crippen LogP contribution in [0.2, 0.25) is 0 Å². The quantitative estimate of drug-likeness (QED) is 0.714. The molecular formula is C18H31N3O. The molecule has 0 fully saturated rings. The minimum Gasteiger partial charge on any atom is -0.399 e. The second-order valence-corrected chi connectivity index (χ2v) is 6.18. The topological polar surface area (TPSA) is 49.6 Å². The maximum absolute atomic E-state index is 12.6. The molecule has 1 aromatic carbocycles. The van der Waals surface area contributed by atoms with Crippen LogP contribution in [0.5, 0.6) is 0 Å². The number of carbonyl (C=O) groups excluding carboxylic acids is 1. The fraction of sp³-hybridized carbons (Fsp3) is 0.611. The van der Waals surface area contributed by atoms with Gasteiger partial charge in [-0.2, -0.15) is 0 Å². The van der Waals surface area contributed by atoms with Crippen LogP contribution in [0.15, 0.2) is 24.3 Å². The average molecular weight is 305 g/mol. The van der Waals surface area contributed by atoms with E-state index in [1.165, 1.54) is 0 Å². The second-order valence-electron chi connectivity index (χ2n) is 6.18. The Balaban J connectivity index is 2.67. The van der Waals surface area contributed by atoms with Crippen molar-refractivity contribution >= 4 is 11.6 Å². The molecule has 1 rings (SSSR count). The van der Waals surface area contributed by atoms with Gasteiger partial charge in [-0.05, 0) is 36.7 Å². The summed E-state index contributed by atoms with van der Waals surface area (Å²) in [6.07, 6.45) is 0.427. The summed E-state index contributed by atoms with van der Waals surface area (Å²) in [5.74, 6) is 0.660. The van der Waals surface area contributed by atoms with Gasteiger partial charge in [-0.3, -0.25) is 4.79 Å². The minimum atomic E-state index is 0.187. The Morgan fingerprint density at radius 3 is 2.41 bits per heavy atom. The van der Waals surface area contributed by atoms with Crippen molar-refractivity contribution in [2.24, 2.45) is 5.92 Å². The second kappa shape index (κ2) is 9.46. The summed E-state index contributed by atoms with van der Waals surface area (Å²) in [6, 6.07) is 7.60. The van der Waals surface area contributed by atoms with Gasteiger partial charge in [-0.1, -0.05) is 39.8 Å². The lowest BCUT2D eigenvalue weighted by molar-refractivity contribution is -0.131. The molecule has 1 amide bonds. The summed E-state index contributed by atoms with van der Waals surface area (Å²) in [5.41, 5.74) is 7.49. The highest BCUT2D eigenvalue weighted by molar-refractivity contribution is 5.79. The summed E-state index contributed by atoms with van der Waals surface area (Å²) in [5, 5.41) is 0. The number of nitrogens with zero attached hydrogens (tertiary/aromatic N) is 2. The van der Waals surface area contributed by atoms with Crippen molar-refractivity contribution in [1.29, 1.82) is 0 Å². The fourth-order valence-electron chi connectivity index (χ4n) is 2.55. The summed E-state index contributed by atoms with van der Waals surface area (Å²) < 4.78 is 0. The standard InChI is InChI=1S/C18H31N3O/c1-5-20(6-2)10-11-21(14-15(3)4)18(22)13-16-8-7-9-17(19)12-16/h7-9,12,15H,5-6,10-11,13-14,19H2,1-4H3. The van der Waals surface area contributed by atoms with Crippen molar-refractivity contribution in [2.75, 3.05) is 38.5 Å². The molecule has 0 unspecified atom stereocenters. The number of hydrogen-bond donors (Lipinski definition) is 1. The molecule has 0 aliphatic heterocycles. The van der Waals surface area contributed by atoms with Crippen molar-refractivity contribution in [3.05, 3.63) is 29.8 Å². The van der Waals surface area contributed by atoms with E-state index in [2.05, 4.69) is 32.6 Å². The highest BCUT2D eigenvalue weighted by Crippen LogP contribution is 2.10. The molecule has 1 aromatic rings. The van der Waals surface area contributed by atoms with E-state index in [0.717, 1.165) is 38.3 Å². The number of carbonyl (C=O) groups is 1. The van der Waals surface area contributed by atoms with Crippen LogP contribution in [0.1, 0.15) is 33.3 Å². The van der Waals surface area contributed by atoms with Gasteiger partial charge in [-0.15, -0.1) is 0 Å². The van der Waals surface area contributed by atoms with Gasteiger partial charge in [0, 0.05) is 25.3 Å². The van der Waals surface area contributed by atoms with E-state index in [-0.39, 0.29) is 5.91 Å². The molecular weight excluding hydrogens is 274 g/mol. The van der Waals surface area contributed by atoms with E-state index in [0.29, 0.717) is 18.0 Å². The zero-order valence-corrected chi connectivity index (χ0v) is 14.5. The van der Waals surface area contributed by atoms with Crippen LogP contribution in [0.4, 0.5) is 5.69 Å². The van der Waals surface area contributed by atoms with E-state index in [1.54, 1.807) is 0 Å². The van der Waals surface area contributed by atoms with Gasteiger partial charge in [0.05, 0.1) is 6.42 Å². The molecule has 0 atom stereocenters. The maximum Gasteiger partial charge on any atom is 0.227 e. The Morgan fingerprint density at radius 1 is 1.18 bits per heavy atom. The number of anilines is 1. The van der Waals surface area contributed by atoms with Crippen LogP contribution in [0, 0.1) is 5.92 Å². The Bertz CT molecular complexity index is 455. The molecule has 124 valence electrons. The predicted molar refractivity (Wildman–Crippen MR) is 93.8 cm³/mol. The molecule has 22 heavy (non-hydrogen) atoms. The largest absolute Gasteiger partial charge is 0.399 e. The van der Waals surface area contributed by atoms with Crippen LogP contribution in [-0.4, -0.2) is 48.4 Å². The Kier molecular flexibility index (Phi) is 7.96. The molecule has 0 spiro atoms. The lowest BCUT2D eigenvalue weighted by atomic mass is 10.1. The first-order valence-corrected chi connectivity index (χ1v) is 8.30. The number of nitrogens with two attached hydrogens (primary N) is 1. The maximum atomic E-state index is 12.6. The third kappa shape index (κ3) is 6.48. The van der Waals surface area contributed by atoms with E-state index in [9.17, 15) is 4.79 Å². The lowest BCUT2D eigenvalue weighted by Gasteiger charge is -2.28. The number of likely N-dealkylation sites (N-methyl/N-ethyl adjacent to an activating group) is 1. The Morgan fingerprint density at radius 2 is 1.86 bits per heavy atom. The average Bonchev–Trinajstić information content (AvgIpc) is 2.46. The van der Waals surface area contributed by atoms with Crippen molar-refractivity contribution in [2.45, 2.75) is 34.1 Å². The molecule has 0 bridgehead atoms. The van der Waals surface area contributed by atoms with Crippen molar-refractivity contribution < 1.29 is 4.79 Å². The van der Waals surface area contributed by atoms with Gasteiger partial charge < -0.3 is 15.5 Å². The molecule has 0 aliphatic carbocycles. The van der Waals surface area contributed by atoms with Gasteiger partial charge in [0.15, 0.2) is 0 Å². The van der Waals surface area contributed by atoms with E-state index in [1.807, 2.05) is 29.2 Å². The third-order valence-corrected chi connectivity index (χ3v) is 3.83. The molecule has 0 heterocycles. The molecule has 4 nitrogen and oxygen atoms in total. The van der Waals surface area contributed by atoms with E-state index < -0.39 is 0 Å². The summed E-state index contributed by atoms with van der Waals surface area (Å²) in [7, 11) is 0. The van der Waals surface area contributed by atoms with E-state index >= 15 is 0 Å². The molecule has 0 saturated heterocycles.